The Morgan fingerprint density at radius 3 is 2.42 bits per heavy atom. The molecule has 138 valence electrons. The van der Waals surface area contributed by atoms with E-state index in [1.807, 2.05) is 0 Å². The second-order valence-electron chi connectivity index (χ2n) is 6.05. The highest BCUT2D eigenvalue weighted by Gasteiger charge is 2.41. The number of ether oxygens (including phenoxy) is 1. The van der Waals surface area contributed by atoms with Gasteiger partial charge in [0.05, 0.1) is 23.0 Å². The Morgan fingerprint density at radius 2 is 1.85 bits per heavy atom. The average molecular weight is 381 g/mol. The van der Waals surface area contributed by atoms with E-state index in [0.717, 1.165) is 23.8 Å². The zero-order valence-corrected chi connectivity index (χ0v) is 15.0. The third kappa shape index (κ3) is 3.31. The van der Waals surface area contributed by atoms with Gasteiger partial charge in [0.1, 0.15) is 12.4 Å². The first-order chi connectivity index (χ1) is 12.4. The van der Waals surface area contributed by atoms with Crippen LogP contribution in [-0.4, -0.2) is 30.9 Å². The zero-order chi connectivity index (χ0) is 18.8. The SMILES string of the molecule is CCOC(=O)CNc1cc(N2C(=O)C3=C(CCCC3)C2=O)c(F)cc1Cl. The number of halogens is 2. The fourth-order valence-electron chi connectivity index (χ4n) is 3.18. The standard InChI is InChI=1S/C18H18ClFN2O4/c1-2-26-16(23)9-21-14-8-15(13(20)7-12(14)19)22-17(24)10-5-3-4-6-11(10)18(22)25/h7-8,21H,2-6,9H2,1H3. The molecule has 0 fully saturated rings. The van der Waals surface area contributed by atoms with Crippen molar-refractivity contribution in [3.8, 4) is 0 Å². The minimum atomic E-state index is -0.779. The van der Waals surface area contributed by atoms with Crippen LogP contribution in [0.2, 0.25) is 5.02 Å². The third-order valence-electron chi connectivity index (χ3n) is 4.40. The van der Waals surface area contributed by atoms with Crippen molar-refractivity contribution in [2.75, 3.05) is 23.4 Å². The highest BCUT2D eigenvalue weighted by Crippen LogP contribution is 2.38. The van der Waals surface area contributed by atoms with Gasteiger partial charge in [0.25, 0.3) is 11.8 Å². The molecule has 0 radical (unpaired) electrons. The summed E-state index contributed by atoms with van der Waals surface area (Å²) in [6.45, 7) is 1.74. The van der Waals surface area contributed by atoms with Gasteiger partial charge in [-0.05, 0) is 44.7 Å². The maximum absolute atomic E-state index is 14.5. The van der Waals surface area contributed by atoms with E-state index in [2.05, 4.69) is 5.32 Å². The molecule has 0 saturated carbocycles. The van der Waals surface area contributed by atoms with Gasteiger partial charge in [-0.1, -0.05) is 11.6 Å². The smallest absolute Gasteiger partial charge is 0.325 e. The van der Waals surface area contributed by atoms with E-state index in [4.69, 9.17) is 16.3 Å². The van der Waals surface area contributed by atoms with Crippen LogP contribution in [0.4, 0.5) is 15.8 Å². The number of benzene rings is 1. The molecule has 1 aliphatic carbocycles. The largest absolute Gasteiger partial charge is 0.465 e. The van der Waals surface area contributed by atoms with Gasteiger partial charge in [-0.2, -0.15) is 0 Å². The fourth-order valence-corrected chi connectivity index (χ4v) is 3.40. The number of carbonyl (C=O) groups is 3. The van der Waals surface area contributed by atoms with Gasteiger partial charge in [0.2, 0.25) is 0 Å². The van der Waals surface area contributed by atoms with Gasteiger partial charge in [0.15, 0.2) is 0 Å². The van der Waals surface area contributed by atoms with Crippen LogP contribution in [0.25, 0.3) is 0 Å². The quantitative estimate of drug-likeness (QED) is 0.627. The zero-order valence-electron chi connectivity index (χ0n) is 14.2. The molecule has 0 atom stereocenters. The van der Waals surface area contributed by atoms with Crippen molar-refractivity contribution >= 4 is 40.8 Å². The molecule has 0 bridgehead atoms. The highest BCUT2D eigenvalue weighted by atomic mass is 35.5. The number of nitrogens with zero attached hydrogens (tertiary/aromatic N) is 1. The summed E-state index contributed by atoms with van der Waals surface area (Å²) in [4.78, 5) is 37.5. The Morgan fingerprint density at radius 1 is 1.23 bits per heavy atom. The van der Waals surface area contributed by atoms with E-state index in [1.165, 1.54) is 6.07 Å². The lowest BCUT2D eigenvalue weighted by molar-refractivity contribution is -0.141. The van der Waals surface area contributed by atoms with E-state index >= 15 is 0 Å². The van der Waals surface area contributed by atoms with Crippen LogP contribution in [0.1, 0.15) is 32.6 Å². The molecule has 6 nitrogen and oxygen atoms in total. The van der Waals surface area contributed by atoms with Crippen LogP contribution in [0.3, 0.4) is 0 Å². The number of anilines is 2. The van der Waals surface area contributed by atoms with Crippen molar-refractivity contribution in [2.24, 2.45) is 0 Å². The summed E-state index contributed by atoms with van der Waals surface area (Å²) in [5.74, 6) is -2.25. The number of hydrogen-bond donors (Lipinski definition) is 1. The number of esters is 1. The summed E-state index contributed by atoms with van der Waals surface area (Å²) in [6.07, 6.45) is 2.72. The molecule has 2 amide bonds. The van der Waals surface area contributed by atoms with E-state index in [0.29, 0.717) is 24.0 Å². The maximum atomic E-state index is 14.5. The van der Waals surface area contributed by atoms with Crippen LogP contribution in [-0.2, 0) is 19.1 Å². The van der Waals surface area contributed by atoms with E-state index < -0.39 is 23.6 Å². The Kier molecular flexibility index (Phi) is 5.27. The summed E-state index contributed by atoms with van der Waals surface area (Å²) in [6, 6.07) is 2.29. The maximum Gasteiger partial charge on any atom is 0.325 e. The lowest BCUT2D eigenvalue weighted by Gasteiger charge is -2.18. The molecule has 1 aliphatic heterocycles. The van der Waals surface area contributed by atoms with Crippen molar-refractivity contribution in [3.63, 3.8) is 0 Å². The Labute approximate surface area is 154 Å². The van der Waals surface area contributed by atoms with E-state index in [9.17, 15) is 18.8 Å². The van der Waals surface area contributed by atoms with Crippen LogP contribution in [0.15, 0.2) is 23.3 Å². The highest BCUT2D eigenvalue weighted by molar-refractivity contribution is 6.35. The third-order valence-corrected chi connectivity index (χ3v) is 4.71. The minimum absolute atomic E-state index is 0.0346. The number of amides is 2. The first-order valence-corrected chi connectivity index (χ1v) is 8.81. The second-order valence-corrected chi connectivity index (χ2v) is 6.46. The van der Waals surface area contributed by atoms with Crippen molar-refractivity contribution < 1.29 is 23.5 Å². The molecule has 0 saturated heterocycles. The Bertz CT molecular complexity index is 794. The van der Waals surface area contributed by atoms with Crippen LogP contribution in [0.5, 0.6) is 0 Å². The van der Waals surface area contributed by atoms with Crippen LogP contribution < -0.4 is 10.2 Å². The Balaban J connectivity index is 1.88. The first-order valence-electron chi connectivity index (χ1n) is 8.43. The molecule has 26 heavy (non-hydrogen) atoms. The number of hydrogen-bond acceptors (Lipinski definition) is 5. The predicted molar refractivity (Wildman–Crippen MR) is 94.5 cm³/mol. The lowest BCUT2D eigenvalue weighted by atomic mass is 9.93. The van der Waals surface area contributed by atoms with Gasteiger partial charge < -0.3 is 10.1 Å². The molecule has 1 N–H and O–H groups in total. The number of carbonyl (C=O) groups excluding carboxylic acids is 3. The lowest BCUT2D eigenvalue weighted by Crippen LogP contribution is -2.32. The van der Waals surface area contributed by atoms with Crippen molar-refractivity contribution in [1.82, 2.24) is 0 Å². The normalized spacial score (nSPS) is 16.8. The van der Waals surface area contributed by atoms with Crippen molar-refractivity contribution in [3.05, 3.63) is 34.1 Å². The molecule has 2 aliphatic rings. The molecule has 8 heteroatoms. The molecular weight excluding hydrogens is 363 g/mol. The van der Waals surface area contributed by atoms with Gasteiger partial charge in [-0.3, -0.25) is 14.4 Å². The molecule has 0 aromatic heterocycles. The minimum Gasteiger partial charge on any atom is -0.465 e. The molecule has 3 rings (SSSR count). The van der Waals surface area contributed by atoms with Crippen molar-refractivity contribution in [1.29, 1.82) is 0 Å². The first kappa shape index (κ1) is 18.4. The fraction of sp³-hybridized carbons (Fsp3) is 0.389. The molecule has 1 aromatic carbocycles. The Hall–Kier alpha value is -2.41. The topological polar surface area (TPSA) is 75.7 Å². The van der Waals surface area contributed by atoms with Gasteiger partial charge in [-0.15, -0.1) is 0 Å². The molecule has 0 unspecified atom stereocenters. The molecule has 1 heterocycles. The van der Waals surface area contributed by atoms with Gasteiger partial charge in [-0.25, -0.2) is 9.29 Å². The van der Waals surface area contributed by atoms with Gasteiger partial charge in [0, 0.05) is 11.1 Å². The monoisotopic (exact) mass is 380 g/mol. The summed E-state index contributed by atoms with van der Waals surface area (Å²) < 4.78 is 19.3. The van der Waals surface area contributed by atoms with Crippen LogP contribution >= 0.6 is 11.6 Å². The van der Waals surface area contributed by atoms with Crippen molar-refractivity contribution in [2.45, 2.75) is 32.6 Å². The number of imide groups is 1. The summed E-state index contributed by atoms with van der Waals surface area (Å²) in [5, 5.41) is 2.78. The van der Waals surface area contributed by atoms with Crippen LogP contribution in [0, 0.1) is 5.82 Å². The average Bonchev–Trinajstić information content (AvgIpc) is 2.86. The van der Waals surface area contributed by atoms with Gasteiger partial charge >= 0.3 is 5.97 Å². The number of rotatable bonds is 5. The summed E-state index contributed by atoms with van der Waals surface area (Å²) in [5.41, 5.74) is 1.00. The second kappa shape index (κ2) is 7.45. The summed E-state index contributed by atoms with van der Waals surface area (Å²) in [7, 11) is 0. The van der Waals surface area contributed by atoms with E-state index in [1.54, 1.807) is 6.92 Å². The molecule has 1 aromatic rings. The molecule has 0 spiro atoms. The summed E-state index contributed by atoms with van der Waals surface area (Å²) >= 11 is 6.01. The van der Waals surface area contributed by atoms with E-state index in [-0.39, 0.29) is 29.5 Å². The number of nitrogens with one attached hydrogen (secondary N) is 1. The molecular formula is C18H18ClFN2O4. The predicted octanol–water partition coefficient (Wildman–Crippen LogP) is 3.20.